The summed E-state index contributed by atoms with van der Waals surface area (Å²) in [7, 11) is 0. The van der Waals surface area contributed by atoms with Crippen molar-refractivity contribution in [2.45, 2.75) is 129 Å². The molecule has 2 atom stereocenters. The van der Waals surface area contributed by atoms with Crippen LogP contribution < -0.4 is 9.64 Å². The van der Waals surface area contributed by atoms with Gasteiger partial charge in [0.25, 0.3) is 0 Å². The summed E-state index contributed by atoms with van der Waals surface area (Å²) in [6.45, 7) is 25.3. The zero-order valence-electron chi connectivity index (χ0n) is 41.6. The Labute approximate surface area is 401 Å². The molecule has 342 valence electrons. The number of fused-ring (bicyclic) bond motifs is 10. The minimum absolute atomic E-state index is 0.0161. The van der Waals surface area contributed by atoms with Gasteiger partial charge in [0, 0.05) is 56.2 Å². The molecule has 6 heteroatoms. The molecule has 1 saturated carbocycles. The van der Waals surface area contributed by atoms with Gasteiger partial charge >= 0.3 is 0 Å². The molecule has 12 rings (SSSR count). The zero-order valence-corrected chi connectivity index (χ0v) is 41.6. The fraction of sp³-hybridized carbons (Fsp3) is 0.323. The van der Waals surface area contributed by atoms with E-state index in [4.69, 9.17) is 14.7 Å². The Balaban J connectivity index is 1.13. The van der Waals surface area contributed by atoms with Crippen LogP contribution >= 0.6 is 0 Å². The number of H-pyrrole nitrogens is 1. The van der Waals surface area contributed by atoms with Gasteiger partial charge in [-0.3, -0.25) is 9.47 Å². The van der Waals surface area contributed by atoms with Gasteiger partial charge in [0.1, 0.15) is 23.5 Å². The van der Waals surface area contributed by atoms with Gasteiger partial charge in [0.05, 0.1) is 27.9 Å². The van der Waals surface area contributed by atoms with Crippen molar-refractivity contribution in [3.63, 3.8) is 0 Å². The normalized spacial score (nSPS) is 17.7. The summed E-state index contributed by atoms with van der Waals surface area (Å²) >= 11 is 0. The van der Waals surface area contributed by atoms with E-state index >= 15 is 0 Å². The molecular formula is C62H63N5O. The van der Waals surface area contributed by atoms with Gasteiger partial charge in [-0.05, 0) is 136 Å². The molecule has 3 aromatic heterocycles. The maximum Gasteiger partial charge on any atom is 0.147 e. The fourth-order valence-corrected chi connectivity index (χ4v) is 11.8. The van der Waals surface area contributed by atoms with E-state index < -0.39 is 0 Å². The number of hydrogen-bond acceptors (Lipinski definition) is 4. The second-order valence-electron chi connectivity index (χ2n) is 23.5. The smallest absolute Gasteiger partial charge is 0.147 e. The van der Waals surface area contributed by atoms with Gasteiger partial charge < -0.3 is 9.72 Å². The van der Waals surface area contributed by atoms with Crippen LogP contribution in [0.25, 0.3) is 61.0 Å². The Morgan fingerprint density at radius 3 is 2.18 bits per heavy atom. The molecule has 6 aromatic carbocycles. The van der Waals surface area contributed by atoms with E-state index in [1.165, 1.54) is 57.0 Å². The van der Waals surface area contributed by atoms with Gasteiger partial charge in [-0.15, -0.1) is 0 Å². The number of aromatic amines is 1. The van der Waals surface area contributed by atoms with Crippen LogP contribution in [0.1, 0.15) is 135 Å². The topological polar surface area (TPSA) is 59.0 Å². The Morgan fingerprint density at radius 1 is 0.662 bits per heavy atom. The van der Waals surface area contributed by atoms with Crippen LogP contribution in [0.15, 0.2) is 128 Å². The third kappa shape index (κ3) is 6.49. The summed E-state index contributed by atoms with van der Waals surface area (Å²) in [5, 5.41) is 2.52. The monoisotopic (exact) mass is 894 g/mol. The second-order valence-corrected chi connectivity index (χ2v) is 23.5. The van der Waals surface area contributed by atoms with E-state index in [0.717, 1.165) is 79.6 Å². The predicted octanol–water partition coefficient (Wildman–Crippen LogP) is 16.4. The lowest BCUT2D eigenvalue weighted by Gasteiger charge is -2.42. The molecule has 3 aliphatic rings. The van der Waals surface area contributed by atoms with Crippen molar-refractivity contribution < 1.29 is 4.74 Å². The van der Waals surface area contributed by atoms with Crippen LogP contribution in [0.3, 0.4) is 0 Å². The molecule has 6 nitrogen and oxygen atoms in total. The van der Waals surface area contributed by atoms with Gasteiger partial charge in [-0.2, -0.15) is 0 Å². The largest absolute Gasteiger partial charge is 0.489 e. The summed E-state index contributed by atoms with van der Waals surface area (Å²) in [5.74, 6) is 3.32. The van der Waals surface area contributed by atoms with Crippen molar-refractivity contribution in [1.29, 1.82) is 0 Å². The number of para-hydroxylation sites is 2. The second kappa shape index (κ2) is 14.7. The number of anilines is 3. The number of pyridine rings is 1. The van der Waals surface area contributed by atoms with Crippen LogP contribution in [0.5, 0.6) is 5.75 Å². The van der Waals surface area contributed by atoms with Crippen molar-refractivity contribution in [3.8, 4) is 34.0 Å². The van der Waals surface area contributed by atoms with Crippen molar-refractivity contribution in [2.75, 3.05) is 4.90 Å². The number of rotatable bonds is 4. The molecule has 9 aromatic rings. The number of imidazole rings is 1. The number of aromatic nitrogens is 4. The fourth-order valence-electron chi connectivity index (χ4n) is 11.8. The first-order chi connectivity index (χ1) is 32.4. The average Bonchev–Trinajstić information content (AvgIpc) is 4.09. The molecule has 1 fully saturated rings. The van der Waals surface area contributed by atoms with Gasteiger partial charge in [0.2, 0.25) is 0 Å². The standard InChI is InChI=1S/C62H63N5O/c1-59(2,3)37-23-25-40(26-24-37)66-50-34-39(61(7,8)9)33-44(57(50)65-58(66)43-18-14-17-42-54-47(64-56(42)43)28-29-52-55(54)41-16-15-21-51(41)68-52)36-22-27-46-49(32-36)67(48-20-13-12-19-45(48)62(46,10)11)53-35-38(30-31-63-53)60(4,5)6/h12-14,17-20,22-35,41,51,64H,15-16,21H2,1-11H3. The van der Waals surface area contributed by atoms with Crippen LogP contribution in [-0.4, -0.2) is 25.6 Å². The van der Waals surface area contributed by atoms with Crippen LogP contribution in [0.2, 0.25) is 0 Å². The van der Waals surface area contributed by atoms with Crippen LogP contribution in [-0.2, 0) is 21.7 Å². The van der Waals surface area contributed by atoms with Crippen molar-refractivity contribution in [1.82, 2.24) is 19.5 Å². The lowest BCUT2D eigenvalue weighted by molar-refractivity contribution is 0.225. The molecule has 0 bridgehead atoms. The van der Waals surface area contributed by atoms with E-state index in [1.54, 1.807) is 0 Å². The van der Waals surface area contributed by atoms with Crippen LogP contribution in [0, 0.1) is 0 Å². The molecule has 2 unspecified atom stereocenters. The van der Waals surface area contributed by atoms with Crippen molar-refractivity contribution >= 4 is 50.0 Å². The molecule has 1 aliphatic carbocycles. The lowest BCUT2D eigenvalue weighted by atomic mass is 9.73. The summed E-state index contributed by atoms with van der Waals surface area (Å²) in [6, 6.07) is 45.6. The van der Waals surface area contributed by atoms with Crippen LogP contribution in [0.4, 0.5) is 17.2 Å². The minimum Gasteiger partial charge on any atom is -0.489 e. The summed E-state index contributed by atoms with van der Waals surface area (Å²) in [4.78, 5) is 17.3. The molecule has 2 aliphatic heterocycles. The van der Waals surface area contributed by atoms with Gasteiger partial charge in [-0.1, -0.05) is 131 Å². The lowest BCUT2D eigenvalue weighted by Crippen LogP contribution is -2.31. The summed E-state index contributed by atoms with van der Waals surface area (Å²) in [6.07, 6.45) is 5.76. The van der Waals surface area contributed by atoms with Crippen molar-refractivity contribution in [3.05, 3.63) is 161 Å². The SMILES string of the molecule is CC(C)(C)c1ccc(-n2c(-c3cccc4c3[nH]c3ccc5c(c34)C3CCCC3O5)nc3c(-c4ccc5c(c4)N(c4cc(C(C)(C)C)ccn4)c4ccccc4C5(C)C)cc(C(C)(C)C)cc32)cc1. The number of benzene rings is 6. The third-order valence-corrected chi connectivity index (χ3v) is 15.6. The molecule has 0 saturated heterocycles. The number of nitrogens with one attached hydrogen (secondary N) is 1. The van der Waals surface area contributed by atoms with E-state index in [0.29, 0.717) is 5.92 Å². The van der Waals surface area contributed by atoms with E-state index in [1.807, 2.05) is 6.20 Å². The average molecular weight is 894 g/mol. The Kier molecular flexibility index (Phi) is 9.21. The maximum absolute atomic E-state index is 6.59. The quantitative estimate of drug-likeness (QED) is 0.191. The predicted molar refractivity (Wildman–Crippen MR) is 283 cm³/mol. The highest BCUT2D eigenvalue weighted by molar-refractivity contribution is 6.14. The van der Waals surface area contributed by atoms with E-state index in [-0.39, 0.29) is 27.8 Å². The molecule has 5 heterocycles. The van der Waals surface area contributed by atoms with Crippen molar-refractivity contribution in [2.24, 2.45) is 0 Å². The Bertz CT molecular complexity index is 3510. The Hall–Kier alpha value is -6.66. The highest BCUT2D eigenvalue weighted by Crippen LogP contribution is 2.54. The first-order valence-electron chi connectivity index (χ1n) is 24.8. The Morgan fingerprint density at radius 2 is 1.41 bits per heavy atom. The molecule has 1 N–H and O–H groups in total. The summed E-state index contributed by atoms with van der Waals surface area (Å²) < 4.78 is 9.02. The highest BCUT2D eigenvalue weighted by Gasteiger charge is 2.41. The third-order valence-electron chi connectivity index (χ3n) is 15.6. The summed E-state index contributed by atoms with van der Waals surface area (Å²) in [5.41, 5.74) is 18.3. The highest BCUT2D eigenvalue weighted by atomic mass is 16.5. The molecular weight excluding hydrogens is 831 g/mol. The molecule has 0 spiro atoms. The number of nitrogens with zero attached hydrogens (tertiary/aromatic N) is 4. The molecule has 68 heavy (non-hydrogen) atoms. The molecule has 0 radical (unpaired) electrons. The zero-order chi connectivity index (χ0) is 47.2. The number of ether oxygens (including phenoxy) is 1. The van der Waals surface area contributed by atoms with Gasteiger partial charge in [0.15, 0.2) is 0 Å². The maximum atomic E-state index is 6.59. The number of hydrogen-bond donors (Lipinski definition) is 1. The minimum atomic E-state index is -0.248. The van der Waals surface area contributed by atoms with E-state index in [9.17, 15) is 0 Å². The van der Waals surface area contributed by atoms with E-state index in [2.05, 4.69) is 212 Å². The molecule has 0 amide bonds. The first-order valence-corrected chi connectivity index (χ1v) is 24.8. The first kappa shape index (κ1) is 42.7. The van der Waals surface area contributed by atoms with Gasteiger partial charge in [-0.25, -0.2) is 9.97 Å².